The molecule has 2 N–H and O–H groups in total. The minimum Gasteiger partial charge on any atom is -0.396 e. The summed E-state index contributed by atoms with van der Waals surface area (Å²) in [7, 11) is 0. The maximum Gasteiger partial charge on any atom is 0.184 e. The number of nitrogen functional groups attached to an aromatic ring is 1. The van der Waals surface area contributed by atoms with Crippen molar-refractivity contribution >= 4 is 22.2 Å². The van der Waals surface area contributed by atoms with E-state index in [0.29, 0.717) is 5.69 Å². The molecule has 2 aromatic carbocycles. The van der Waals surface area contributed by atoms with Gasteiger partial charge in [0.05, 0.1) is 11.2 Å². The highest BCUT2D eigenvalue weighted by Crippen LogP contribution is 2.28. The van der Waals surface area contributed by atoms with E-state index in [9.17, 15) is 0 Å². The van der Waals surface area contributed by atoms with E-state index < -0.39 is 0 Å². The third-order valence-electron chi connectivity index (χ3n) is 5.80. The molecule has 1 aliphatic heterocycles. The molecule has 0 amide bonds. The minimum absolute atomic E-state index is 0.655. The third kappa shape index (κ3) is 3.02. The van der Waals surface area contributed by atoms with Gasteiger partial charge in [0.15, 0.2) is 5.65 Å². The van der Waals surface area contributed by atoms with Crippen LogP contribution in [0.3, 0.4) is 0 Å². The molecule has 1 aliphatic rings. The fourth-order valence-corrected chi connectivity index (χ4v) is 4.30. The van der Waals surface area contributed by atoms with Gasteiger partial charge in [0.25, 0.3) is 0 Å². The summed E-state index contributed by atoms with van der Waals surface area (Å²) in [6.45, 7) is 5.46. The highest BCUT2D eigenvalue weighted by molar-refractivity contribution is 5.91. The van der Waals surface area contributed by atoms with Gasteiger partial charge in [0.2, 0.25) is 0 Å². The summed E-state index contributed by atoms with van der Waals surface area (Å²) in [6.07, 6.45) is 4.04. The SMILES string of the molecule is Cc1nnc2c(N)cc3cc(-c4ccc(CN5CCCCC5)cc4)ccc3n12. The molecule has 1 saturated heterocycles. The standard InChI is InChI=1S/C23H25N5/c1-16-25-26-23-21(24)14-20-13-19(9-10-22(20)28(16)23)18-7-5-17(6-8-18)15-27-11-3-2-4-12-27/h5-10,13-14H,2-4,11-12,15,24H2,1H3. The second-order valence-electron chi connectivity index (χ2n) is 7.81. The van der Waals surface area contributed by atoms with Crippen molar-refractivity contribution in [1.29, 1.82) is 0 Å². The van der Waals surface area contributed by atoms with Gasteiger partial charge in [0.1, 0.15) is 5.82 Å². The van der Waals surface area contributed by atoms with Crippen LogP contribution >= 0.6 is 0 Å². The number of benzene rings is 2. The van der Waals surface area contributed by atoms with Crippen molar-refractivity contribution in [1.82, 2.24) is 19.5 Å². The maximum atomic E-state index is 6.21. The molecule has 28 heavy (non-hydrogen) atoms. The fraction of sp³-hybridized carbons (Fsp3) is 0.304. The van der Waals surface area contributed by atoms with Crippen molar-refractivity contribution in [3.8, 4) is 11.1 Å². The number of nitrogens with zero attached hydrogens (tertiary/aromatic N) is 4. The maximum absolute atomic E-state index is 6.21. The largest absolute Gasteiger partial charge is 0.396 e. The molecule has 5 nitrogen and oxygen atoms in total. The lowest BCUT2D eigenvalue weighted by Crippen LogP contribution is -2.28. The third-order valence-corrected chi connectivity index (χ3v) is 5.80. The Morgan fingerprint density at radius 2 is 1.64 bits per heavy atom. The van der Waals surface area contributed by atoms with Gasteiger partial charge in [-0.25, -0.2) is 0 Å². The van der Waals surface area contributed by atoms with Gasteiger partial charge < -0.3 is 5.73 Å². The predicted molar refractivity (Wildman–Crippen MR) is 114 cm³/mol. The normalized spacial score (nSPS) is 15.5. The highest BCUT2D eigenvalue weighted by atomic mass is 15.2. The van der Waals surface area contributed by atoms with E-state index in [1.165, 1.54) is 49.0 Å². The second kappa shape index (κ2) is 6.91. The zero-order valence-electron chi connectivity index (χ0n) is 16.2. The summed E-state index contributed by atoms with van der Waals surface area (Å²) < 4.78 is 2.02. The van der Waals surface area contributed by atoms with Crippen molar-refractivity contribution in [2.45, 2.75) is 32.7 Å². The number of hydrogen-bond acceptors (Lipinski definition) is 4. The minimum atomic E-state index is 0.655. The Morgan fingerprint density at radius 3 is 2.43 bits per heavy atom. The van der Waals surface area contributed by atoms with Crippen LogP contribution in [-0.4, -0.2) is 32.6 Å². The van der Waals surface area contributed by atoms with E-state index in [0.717, 1.165) is 28.9 Å². The van der Waals surface area contributed by atoms with Gasteiger partial charge in [0, 0.05) is 11.9 Å². The number of anilines is 1. The lowest BCUT2D eigenvalue weighted by atomic mass is 10.0. The molecular weight excluding hydrogens is 346 g/mol. The van der Waals surface area contributed by atoms with Gasteiger partial charge in [-0.2, -0.15) is 0 Å². The van der Waals surface area contributed by atoms with Crippen molar-refractivity contribution < 1.29 is 0 Å². The first-order chi connectivity index (χ1) is 13.7. The molecule has 0 saturated carbocycles. The topological polar surface area (TPSA) is 59.5 Å². The number of pyridine rings is 1. The number of fused-ring (bicyclic) bond motifs is 3. The molecule has 142 valence electrons. The Labute approximate surface area is 164 Å². The van der Waals surface area contributed by atoms with Gasteiger partial charge >= 0.3 is 0 Å². The first kappa shape index (κ1) is 17.2. The number of rotatable bonds is 3. The number of hydrogen-bond donors (Lipinski definition) is 1. The summed E-state index contributed by atoms with van der Waals surface area (Å²) in [5.41, 5.74) is 12.5. The van der Waals surface area contributed by atoms with Crippen LogP contribution in [0.4, 0.5) is 5.69 Å². The van der Waals surface area contributed by atoms with Crippen LogP contribution in [0.5, 0.6) is 0 Å². The van der Waals surface area contributed by atoms with Crippen LogP contribution < -0.4 is 5.73 Å². The van der Waals surface area contributed by atoms with Crippen LogP contribution in [0.25, 0.3) is 27.7 Å². The van der Waals surface area contributed by atoms with E-state index in [4.69, 9.17) is 5.73 Å². The predicted octanol–water partition coefficient (Wildman–Crippen LogP) is 4.43. The molecule has 0 aliphatic carbocycles. The number of piperidine rings is 1. The van der Waals surface area contributed by atoms with E-state index in [1.807, 2.05) is 17.4 Å². The number of nitrogens with two attached hydrogens (primary N) is 1. The van der Waals surface area contributed by atoms with E-state index >= 15 is 0 Å². The van der Waals surface area contributed by atoms with Gasteiger partial charge in [-0.1, -0.05) is 36.8 Å². The molecule has 0 spiro atoms. The molecular formula is C23H25N5. The van der Waals surface area contributed by atoms with Crippen LogP contribution in [0, 0.1) is 6.92 Å². The number of aryl methyl sites for hydroxylation is 1. The summed E-state index contributed by atoms with van der Waals surface area (Å²) in [4.78, 5) is 2.56. The molecule has 0 bridgehead atoms. The average Bonchev–Trinajstić information content (AvgIpc) is 3.12. The van der Waals surface area contributed by atoms with E-state index in [-0.39, 0.29) is 0 Å². The number of aromatic nitrogens is 3. The Balaban J connectivity index is 1.47. The molecule has 0 unspecified atom stereocenters. The molecule has 3 heterocycles. The zero-order valence-corrected chi connectivity index (χ0v) is 16.2. The first-order valence-electron chi connectivity index (χ1n) is 10.0. The van der Waals surface area contributed by atoms with Crippen molar-refractivity contribution in [3.05, 3.63) is 59.9 Å². The van der Waals surface area contributed by atoms with E-state index in [2.05, 4.69) is 57.6 Å². The van der Waals surface area contributed by atoms with Crippen LogP contribution in [-0.2, 0) is 6.54 Å². The van der Waals surface area contributed by atoms with Crippen molar-refractivity contribution in [2.24, 2.45) is 0 Å². The molecule has 4 aromatic rings. The molecule has 0 radical (unpaired) electrons. The summed E-state index contributed by atoms with van der Waals surface area (Å²) >= 11 is 0. The molecule has 1 fully saturated rings. The number of likely N-dealkylation sites (tertiary alicyclic amines) is 1. The van der Waals surface area contributed by atoms with E-state index in [1.54, 1.807) is 0 Å². The van der Waals surface area contributed by atoms with Crippen LogP contribution in [0.2, 0.25) is 0 Å². The average molecular weight is 371 g/mol. The lowest BCUT2D eigenvalue weighted by molar-refractivity contribution is 0.221. The summed E-state index contributed by atoms with van der Waals surface area (Å²) in [5.74, 6) is 0.849. The summed E-state index contributed by atoms with van der Waals surface area (Å²) in [5, 5.41) is 9.46. The Hall–Kier alpha value is -2.92. The van der Waals surface area contributed by atoms with Crippen molar-refractivity contribution in [3.63, 3.8) is 0 Å². The van der Waals surface area contributed by atoms with Crippen molar-refractivity contribution in [2.75, 3.05) is 18.8 Å². The monoisotopic (exact) mass is 371 g/mol. The van der Waals surface area contributed by atoms with Crippen LogP contribution in [0.1, 0.15) is 30.7 Å². The zero-order chi connectivity index (χ0) is 19.1. The lowest BCUT2D eigenvalue weighted by Gasteiger charge is -2.26. The van der Waals surface area contributed by atoms with Gasteiger partial charge in [-0.3, -0.25) is 9.30 Å². The second-order valence-corrected chi connectivity index (χ2v) is 7.81. The fourth-order valence-electron chi connectivity index (χ4n) is 4.30. The quantitative estimate of drug-likeness (QED) is 0.579. The Bertz CT molecular complexity index is 1140. The smallest absolute Gasteiger partial charge is 0.184 e. The first-order valence-corrected chi connectivity index (χ1v) is 10.0. The molecule has 5 heteroatoms. The Kier molecular flexibility index (Phi) is 4.24. The summed E-state index contributed by atoms with van der Waals surface area (Å²) in [6, 6.07) is 17.5. The highest BCUT2D eigenvalue weighted by Gasteiger charge is 2.12. The molecule has 2 aromatic heterocycles. The Morgan fingerprint density at radius 1 is 0.893 bits per heavy atom. The van der Waals surface area contributed by atoms with Gasteiger partial charge in [-0.05, 0) is 67.7 Å². The molecule has 5 rings (SSSR count). The van der Waals surface area contributed by atoms with Gasteiger partial charge in [-0.15, -0.1) is 10.2 Å². The van der Waals surface area contributed by atoms with Crippen LogP contribution in [0.15, 0.2) is 48.5 Å². The molecule has 0 atom stereocenters.